The zero-order chi connectivity index (χ0) is 20.2. The van der Waals surface area contributed by atoms with Crippen LogP contribution in [0.2, 0.25) is 0 Å². The average Bonchev–Trinajstić information content (AvgIpc) is 2.82. The van der Waals surface area contributed by atoms with Gasteiger partial charge < -0.3 is 14.4 Å². The van der Waals surface area contributed by atoms with Crippen LogP contribution in [-0.4, -0.2) is 37.0 Å². The standard InChI is InChI=1S/C23H31NO4/c1-21(2)22(3)12-13-23(21,20(26)28-15-22)19(25)24-14-6-5-7-18(24)16-8-10-17(27-4)11-9-16/h8-11,18H,5-7,12-15H2,1-4H3/t18-,22+,23+/m1/s1. The highest BCUT2D eigenvalue weighted by Crippen LogP contribution is 2.66. The molecule has 1 aromatic carbocycles. The number of amides is 1. The minimum absolute atomic E-state index is 0.00101. The summed E-state index contributed by atoms with van der Waals surface area (Å²) in [5.74, 6) is 0.447. The van der Waals surface area contributed by atoms with Crippen LogP contribution in [0.4, 0.5) is 0 Å². The van der Waals surface area contributed by atoms with Crippen LogP contribution in [0, 0.1) is 16.2 Å². The molecule has 1 saturated carbocycles. The van der Waals surface area contributed by atoms with Crippen LogP contribution in [-0.2, 0) is 14.3 Å². The second-order valence-corrected chi connectivity index (χ2v) is 9.45. The Kier molecular flexibility index (Phi) is 4.48. The molecule has 2 heterocycles. The topological polar surface area (TPSA) is 55.8 Å². The number of cyclic esters (lactones) is 1. The zero-order valence-corrected chi connectivity index (χ0v) is 17.4. The van der Waals surface area contributed by atoms with Crippen molar-refractivity contribution in [3.8, 4) is 5.75 Å². The predicted octanol–water partition coefficient (Wildman–Crippen LogP) is 4.12. The van der Waals surface area contributed by atoms with Gasteiger partial charge in [-0.25, -0.2) is 0 Å². The first-order valence-corrected chi connectivity index (χ1v) is 10.4. The Labute approximate surface area is 167 Å². The number of carbonyl (C=O) groups is 2. The number of esters is 1. The lowest BCUT2D eigenvalue weighted by Crippen LogP contribution is -2.61. The largest absolute Gasteiger partial charge is 0.497 e. The Morgan fingerprint density at radius 3 is 2.54 bits per heavy atom. The third kappa shape index (κ3) is 2.44. The number of carbonyl (C=O) groups excluding carboxylic acids is 2. The van der Waals surface area contributed by atoms with Gasteiger partial charge in [0.25, 0.3) is 0 Å². The summed E-state index contributed by atoms with van der Waals surface area (Å²) in [6.45, 7) is 7.44. The number of hydrogen-bond donors (Lipinski definition) is 0. The summed E-state index contributed by atoms with van der Waals surface area (Å²) in [5, 5.41) is 0. The third-order valence-electron chi connectivity index (χ3n) is 8.13. The number of hydrogen-bond acceptors (Lipinski definition) is 4. The van der Waals surface area contributed by atoms with Crippen molar-refractivity contribution in [3.05, 3.63) is 29.8 Å². The van der Waals surface area contributed by atoms with Crippen LogP contribution in [0.15, 0.2) is 24.3 Å². The molecule has 152 valence electrons. The van der Waals surface area contributed by atoms with Gasteiger partial charge in [0.15, 0.2) is 5.41 Å². The predicted molar refractivity (Wildman–Crippen MR) is 106 cm³/mol. The van der Waals surface area contributed by atoms with E-state index >= 15 is 0 Å². The van der Waals surface area contributed by atoms with Gasteiger partial charge in [0.1, 0.15) is 5.75 Å². The van der Waals surface area contributed by atoms with E-state index in [2.05, 4.69) is 20.8 Å². The summed E-state index contributed by atoms with van der Waals surface area (Å²) in [6.07, 6.45) is 4.40. The molecule has 1 aliphatic carbocycles. The quantitative estimate of drug-likeness (QED) is 0.580. The minimum atomic E-state index is -1.07. The highest BCUT2D eigenvalue weighted by atomic mass is 16.5. The number of methoxy groups -OCH3 is 1. The van der Waals surface area contributed by atoms with Crippen molar-refractivity contribution in [1.82, 2.24) is 4.90 Å². The van der Waals surface area contributed by atoms with E-state index in [9.17, 15) is 9.59 Å². The molecule has 5 nitrogen and oxygen atoms in total. The molecule has 0 aromatic heterocycles. The maximum Gasteiger partial charge on any atom is 0.322 e. The second kappa shape index (κ2) is 6.50. The Morgan fingerprint density at radius 1 is 1.14 bits per heavy atom. The van der Waals surface area contributed by atoms with Crippen molar-refractivity contribution >= 4 is 11.9 Å². The first-order valence-electron chi connectivity index (χ1n) is 10.4. The van der Waals surface area contributed by atoms with E-state index in [1.165, 1.54) is 0 Å². The maximum absolute atomic E-state index is 14.0. The van der Waals surface area contributed by atoms with Crippen molar-refractivity contribution in [2.75, 3.05) is 20.3 Å². The summed E-state index contributed by atoms with van der Waals surface area (Å²) in [5.41, 5.74) is -0.536. The number of piperidine rings is 1. The van der Waals surface area contributed by atoms with Crippen LogP contribution in [0.5, 0.6) is 5.75 Å². The van der Waals surface area contributed by atoms with Crippen LogP contribution in [0.1, 0.15) is 64.5 Å². The fraction of sp³-hybridized carbons (Fsp3) is 0.652. The monoisotopic (exact) mass is 385 g/mol. The summed E-state index contributed by atoms with van der Waals surface area (Å²) in [7, 11) is 1.65. The van der Waals surface area contributed by atoms with E-state index in [0.717, 1.165) is 37.0 Å². The van der Waals surface area contributed by atoms with Gasteiger partial charge in [0, 0.05) is 12.0 Å². The van der Waals surface area contributed by atoms with E-state index in [-0.39, 0.29) is 23.3 Å². The molecule has 2 saturated heterocycles. The molecule has 0 unspecified atom stereocenters. The molecule has 2 aliphatic heterocycles. The van der Waals surface area contributed by atoms with Gasteiger partial charge in [-0.15, -0.1) is 0 Å². The van der Waals surface area contributed by atoms with Crippen molar-refractivity contribution in [3.63, 3.8) is 0 Å². The molecule has 28 heavy (non-hydrogen) atoms. The third-order valence-corrected chi connectivity index (χ3v) is 8.13. The van der Waals surface area contributed by atoms with Crippen molar-refractivity contribution in [2.45, 2.75) is 58.9 Å². The van der Waals surface area contributed by atoms with Crippen molar-refractivity contribution in [2.24, 2.45) is 16.2 Å². The highest BCUT2D eigenvalue weighted by Gasteiger charge is 2.72. The lowest BCUT2D eigenvalue weighted by atomic mass is 9.57. The SMILES string of the molecule is COc1ccc([C@H]2CCCCN2C(=O)[C@@]23CC[C@@](C)(COC2=O)C3(C)C)cc1. The molecule has 0 spiro atoms. The highest BCUT2D eigenvalue weighted by molar-refractivity contribution is 6.05. The number of benzene rings is 1. The van der Waals surface area contributed by atoms with Gasteiger partial charge in [-0.3, -0.25) is 9.59 Å². The molecule has 3 atom stereocenters. The summed E-state index contributed by atoms with van der Waals surface area (Å²) in [6, 6.07) is 7.96. The number of rotatable bonds is 3. The van der Waals surface area contributed by atoms with Crippen LogP contribution >= 0.6 is 0 Å². The zero-order valence-electron chi connectivity index (χ0n) is 17.4. The van der Waals surface area contributed by atoms with Gasteiger partial charge in [0.05, 0.1) is 19.8 Å². The summed E-state index contributed by atoms with van der Waals surface area (Å²) in [4.78, 5) is 29.0. The molecule has 4 rings (SSSR count). The molecule has 1 aromatic rings. The molecular formula is C23H31NO4. The fourth-order valence-electron chi connectivity index (χ4n) is 5.62. The lowest BCUT2D eigenvalue weighted by Gasteiger charge is -2.52. The number of ether oxygens (including phenoxy) is 2. The molecule has 3 aliphatic rings. The summed E-state index contributed by atoms with van der Waals surface area (Å²) < 4.78 is 10.9. The first kappa shape index (κ1) is 19.3. The Hall–Kier alpha value is -2.04. The first-order chi connectivity index (χ1) is 13.3. The van der Waals surface area contributed by atoms with Crippen molar-refractivity contribution < 1.29 is 19.1 Å². The molecule has 3 fully saturated rings. The lowest BCUT2D eigenvalue weighted by molar-refractivity contribution is -0.194. The van der Waals surface area contributed by atoms with Gasteiger partial charge in [-0.1, -0.05) is 32.9 Å². The normalized spacial score (nSPS) is 34.1. The average molecular weight is 386 g/mol. The Morgan fingerprint density at radius 2 is 1.86 bits per heavy atom. The van der Waals surface area contributed by atoms with Crippen molar-refractivity contribution in [1.29, 1.82) is 0 Å². The molecule has 2 bridgehead atoms. The van der Waals surface area contributed by atoms with Crippen LogP contribution in [0.3, 0.4) is 0 Å². The minimum Gasteiger partial charge on any atom is -0.497 e. The van der Waals surface area contributed by atoms with E-state index in [4.69, 9.17) is 9.47 Å². The molecule has 5 heteroatoms. The molecule has 0 radical (unpaired) electrons. The van der Waals surface area contributed by atoms with E-state index in [0.29, 0.717) is 19.6 Å². The summed E-state index contributed by atoms with van der Waals surface area (Å²) >= 11 is 0. The van der Waals surface area contributed by atoms with Gasteiger partial charge in [0.2, 0.25) is 5.91 Å². The van der Waals surface area contributed by atoms with Gasteiger partial charge in [-0.2, -0.15) is 0 Å². The Bertz CT molecular complexity index is 786. The fourth-order valence-corrected chi connectivity index (χ4v) is 5.62. The van der Waals surface area contributed by atoms with E-state index < -0.39 is 10.8 Å². The van der Waals surface area contributed by atoms with Crippen LogP contribution < -0.4 is 4.74 Å². The molecule has 1 amide bonds. The smallest absolute Gasteiger partial charge is 0.322 e. The van der Waals surface area contributed by atoms with Gasteiger partial charge in [-0.05, 0) is 55.2 Å². The van der Waals surface area contributed by atoms with E-state index in [1.54, 1.807) is 7.11 Å². The number of likely N-dealkylation sites (tertiary alicyclic amines) is 1. The number of fused-ring (bicyclic) bond motifs is 2. The van der Waals surface area contributed by atoms with Crippen LogP contribution in [0.25, 0.3) is 0 Å². The Balaban J connectivity index is 1.71. The maximum atomic E-state index is 14.0. The molecule has 0 N–H and O–H groups in total. The number of nitrogens with zero attached hydrogens (tertiary/aromatic N) is 1. The van der Waals surface area contributed by atoms with Gasteiger partial charge >= 0.3 is 5.97 Å². The second-order valence-electron chi connectivity index (χ2n) is 9.45. The molecular weight excluding hydrogens is 354 g/mol. The van der Waals surface area contributed by atoms with E-state index in [1.807, 2.05) is 29.2 Å².